The van der Waals surface area contributed by atoms with E-state index in [1.807, 2.05) is 27.8 Å². The molecule has 0 saturated heterocycles. The van der Waals surface area contributed by atoms with Gasteiger partial charge in [-0.15, -0.1) is 0 Å². The van der Waals surface area contributed by atoms with Crippen molar-refractivity contribution in [1.29, 1.82) is 0 Å². The zero-order valence-corrected chi connectivity index (χ0v) is 11.5. The van der Waals surface area contributed by atoms with Crippen molar-refractivity contribution in [1.82, 2.24) is 10.6 Å². The quantitative estimate of drug-likeness (QED) is 0.784. The minimum Gasteiger partial charge on any atom is -0.368 e. The van der Waals surface area contributed by atoms with Crippen LogP contribution in [0, 0.1) is 0 Å². The molecule has 0 aromatic heterocycles. The Morgan fingerprint density at radius 3 is 2.29 bits per heavy atom. The third-order valence-corrected chi connectivity index (χ3v) is 3.05. The van der Waals surface area contributed by atoms with E-state index in [4.69, 9.17) is 4.74 Å². The average Bonchev–Trinajstić information content (AvgIpc) is 2.25. The highest BCUT2D eigenvalue weighted by Gasteiger charge is 2.21. The second-order valence-electron chi connectivity index (χ2n) is 5.87. The Bertz CT molecular complexity index is 240. The first-order valence-corrected chi connectivity index (χ1v) is 6.50. The summed E-state index contributed by atoms with van der Waals surface area (Å²) in [4.78, 5) is 11.6. The third kappa shape index (κ3) is 6.03. The summed E-state index contributed by atoms with van der Waals surface area (Å²) in [5, 5.41) is 6.19. The fourth-order valence-electron chi connectivity index (χ4n) is 2.17. The van der Waals surface area contributed by atoms with Crippen LogP contribution < -0.4 is 10.6 Å². The van der Waals surface area contributed by atoms with Crippen molar-refractivity contribution < 1.29 is 9.53 Å². The monoisotopic (exact) mass is 242 g/mol. The summed E-state index contributed by atoms with van der Waals surface area (Å²) in [6.07, 6.45) is 4.64. The van der Waals surface area contributed by atoms with Crippen molar-refractivity contribution in [3.05, 3.63) is 0 Å². The zero-order chi connectivity index (χ0) is 12.9. The molecule has 0 heterocycles. The Morgan fingerprint density at radius 1 is 1.24 bits per heavy atom. The minimum atomic E-state index is -0.176. The third-order valence-electron chi connectivity index (χ3n) is 3.05. The van der Waals surface area contributed by atoms with Gasteiger partial charge in [0.05, 0.1) is 6.10 Å². The molecule has 1 fully saturated rings. The molecule has 1 amide bonds. The fourth-order valence-corrected chi connectivity index (χ4v) is 2.17. The van der Waals surface area contributed by atoms with Gasteiger partial charge in [0.1, 0.15) is 6.61 Å². The second-order valence-corrected chi connectivity index (χ2v) is 5.87. The molecular weight excluding hydrogens is 216 g/mol. The van der Waals surface area contributed by atoms with E-state index in [2.05, 4.69) is 10.6 Å². The van der Waals surface area contributed by atoms with E-state index in [-0.39, 0.29) is 24.2 Å². The second kappa shape index (κ2) is 6.36. The summed E-state index contributed by atoms with van der Waals surface area (Å²) < 4.78 is 5.64. The average molecular weight is 242 g/mol. The predicted octanol–water partition coefficient (Wildman–Crippen LogP) is 1.45. The zero-order valence-electron chi connectivity index (χ0n) is 11.5. The number of nitrogens with one attached hydrogen (secondary N) is 2. The Kier molecular flexibility index (Phi) is 5.40. The highest BCUT2D eigenvalue weighted by Crippen LogP contribution is 2.20. The molecule has 100 valence electrons. The normalized spacial score (nSPS) is 25.6. The van der Waals surface area contributed by atoms with Crippen LogP contribution in [0.5, 0.6) is 0 Å². The van der Waals surface area contributed by atoms with Crippen LogP contribution in [0.3, 0.4) is 0 Å². The van der Waals surface area contributed by atoms with Crippen molar-refractivity contribution in [3.8, 4) is 0 Å². The lowest BCUT2D eigenvalue weighted by Crippen LogP contribution is -2.43. The number of hydrogen-bond acceptors (Lipinski definition) is 3. The molecule has 1 aliphatic carbocycles. The van der Waals surface area contributed by atoms with Crippen LogP contribution in [-0.2, 0) is 9.53 Å². The van der Waals surface area contributed by atoms with E-state index in [1.165, 1.54) is 0 Å². The lowest BCUT2D eigenvalue weighted by Gasteiger charge is -2.28. The van der Waals surface area contributed by atoms with Gasteiger partial charge in [0.15, 0.2) is 0 Å². The Hall–Kier alpha value is -0.610. The van der Waals surface area contributed by atoms with E-state index < -0.39 is 0 Å². The van der Waals surface area contributed by atoms with E-state index in [0.29, 0.717) is 6.04 Å². The predicted molar refractivity (Wildman–Crippen MR) is 69.0 cm³/mol. The smallest absolute Gasteiger partial charge is 0.246 e. The summed E-state index contributed by atoms with van der Waals surface area (Å²) in [6, 6.07) is 0.623. The molecule has 0 atom stereocenters. The molecule has 17 heavy (non-hydrogen) atoms. The highest BCUT2D eigenvalue weighted by atomic mass is 16.5. The van der Waals surface area contributed by atoms with E-state index in [0.717, 1.165) is 25.7 Å². The molecule has 4 heteroatoms. The van der Waals surface area contributed by atoms with Gasteiger partial charge in [-0.1, -0.05) is 0 Å². The molecule has 1 saturated carbocycles. The Morgan fingerprint density at radius 2 is 1.82 bits per heavy atom. The molecule has 1 rings (SSSR count). The molecule has 0 aromatic rings. The molecule has 0 aliphatic heterocycles. The molecule has 0 spiro atoms. The van der Waals surface area contributed by atoms with Crippen LogP contribution in [0.2, 0.25) is 0 Å². The molecular formula is C13H26N2O2. The van der Waals surface area contributed by atoms with Gasteiger partial charge < -0.3 is 15.4 Å². The van der Waals surface area contributed by atoms with Gasteiger partial charge >= 0.3 is 0 Å². The van der Waals surface area contributed by atoms with Crippen molar-refractivity contribution in [2.24, 2.45) is 0 Å². The number of amides is 1. The van der Waals surface area contributed by atoms with Gasteiger partial charge in [-0.05, 0) is 53.5 Å². The standard InChI is InChI=1S/C13H26N2O2/c1-13(2,3)15-12(16)9-17-11-7-5-10(14-4)6-8-11/h10-11,14H,5-9H2,1-4H3,(H,15,16). The van der Waals surface area contributed by atoms with Gasteiger partial charge in [0.2, 0.25) is 5.91 Å². The van der Waals surface area contributed by atoms with Crippen molar-refractivity contribution in [3.63, 3.8) is 0 Å². The molecule has 2 N–H and O–H groups in total. The van der Waals surface area contributed by atoms with Crippen LogP contribution in [0.4, 0.5) is 0 Å². The summed E-state index contributed by atoms with van der Waals surface area (Å²) in [6.45, 7) is 6.11. The summed E-state index contributed by atoms with van der Waals surface area (Å²) in [5.74, 6) is -0.0201. The van der Waals surface area contributed by atoms with Gasteiger partial charge in [-0.3, -0.25) is 4.79 Å². The van der Waals surface area contributed by atoms with Crippen molar-refractivity contribution in [2.75, 3.05) is 13.7 Å². The first kappa shape index (κ1) is 14.5. The van der Waals surface area contributed by atoms with Crippen LogP contribution in [0.15, 0.2) is 0 Å². The number of carbonyl (C=O) groups is 1. The van der Waals surface area contributed by atoms with E-state index in [1.54, 1.807) is 0 Å². The lowest BCUT2D eigenvalue weighted by molar-refractivity contribution is -0.129. The number of hydrogen-bond donors (Lipinski definition) is 2. The fraction of sp³-hybridized carbons (Fsp3) is 0.923. The highest BCUT2D eigenvalue weighted by molar-refractivity contribution is 5.77. The number of rotatable bonds is 4. The van der Waals surface area contributed by atoms with Crippen LogP contribution in [0.25, 0.3) is 0 Å². The first-order chi connectivity index (χ1) is 7.90. The van der Waals surface area contributed by atoms with Gasteiger partial charge in [0, 0.05) is 11.6 Å². The van der Waals surface area contributed by atoms with Crippen LogP contribution in [0.1, 0.15) is 46.5 Å². The maximum Gasteiger partial charge on any atom is 0.246 e. The van der Waals surface area contributed by atoms with Crippen molar-refractivity contribution in [2.45, 2.75) is 64.1 Å². The lowest BCUT2D eigenvalue weighted by atomic mass is 9.93. The van der Waals surface area contributed by atoms with E-state index in [9.17, 15) is 4.79 Å². The Labute approximate surface area is 104 Å². The summed E-state index contributed by atoms with van der Waals surface area (Å²) in [7, 11) is 2.00. The van der Waals surface area contributed by atoms with Crippen LogP contribution in [-0.4, -0.2) is 37.2 Å². The first-order valence-electron chi connectivity index (χ1n) is 6.50. The van der Waals surface area contributed by atoms with Gasteiger partial charge in [-0.2, -0.15) is 0 Å². The summed E-state index contributed by atoms with van der Waals surface area (Å²) >= 11 is 0. The van der Waals surface area contributed by atoms with Crippen LogP contribution >= 0.6 is 0 Å². The minimum absolute atomic E-state index is 0.0201. The molecule has 0 radical (unpaired) electrons. The van der Waals surface area contributed by atoms with Gasteiger partial charge in [0.25, 0.3) is 0 Å². The summed E-state index contributed by atoms with van der Waals surface area (Å²) in [5.41, 5.74) is -0.176. The largest absolute Gasteiger partial charge is 0.368 e. The molecule has 0 aromatic carbocycles. The number of ether oxygens (including phenoxy) is 1. The van der Waals surface area contributed by atoms with E-state index >= 15 is 0 Å². The topological polar surface area (TPSA) is 50.4 Å². The SMILES string of the molecule is CNC1CCC(OCC(=O)NC(C)(C)C)CC1. The Balaban J connectivity index is 2.17. The maximum atomic E-state index is 11.6. The molecule has 4 nitrogen and oxygen atoms in total. The maximum absolute atomic E-state index is 11.6. The molecule has 0 bridgehead atoms. The van der Waals surface area contributed by atoms with Crippen molar-refractivity contribution >= 4 is 5.91 Å². The van der Waals surface area contributed by atoms with Gasteiger partial charge in [-0.25, -0.2) is 0 Å². The number of carbonyl (C=O) groups excluding carboxylic acids is 1. The molecule has 1 aliphatic rings. The molecule has 0 unspecified atom stereocenters.